The van der Waals surface area contributed by atoms with Crippen LogP contribution in [0, 0.1) is 5.92 Å². The van der Waals surface area contributed by atoms with Crippen LogP contribution in [0.15, 0.2) is 58.6 Å². The van der Waals surface area contributed by atoms with Crippen molar-refractivity contribution in [2.45, 2.75) is 17.7 Å². The normalized spacial score (nSPS) is 16.4. The van der Waals surface area contributed by atoms with Crippen molar-refractivity contribution < 1.29 is 18.0 Å². The summed E-state index contributed by atoms with van der Waals surface area (Å²) in [6, 6.07) is 12.9. The lowest BCUT2D eigenvalue weighted by molar-refractivity contribution is -0.149. The number of hydrogen-bond acceptors (Lipinski definition) is 5. The fourth-order valence-electron chi connectivity index (χ4n) is 2.85. The van der Waals surface area contributed by atoms with Crippen LogP contribution in [0.3, 0.4) is 0 Å². The summed E-state index contributed by atoms with van der Waals surface area (Å²) in [6.45, 7) is 0.483. The molecule has 9 heteroatoms. The first-order valence-electron chi connectivity index (χ1n) is 8.62. The first kappa shape index (κ1) is 20.8. The lowest BCUT2D eigenvalue weighted by Gasteiger charge is -2.29. The van der Waals surface area contributed by atoms with Gasteiger partial charge in [-0.3, -0.25) is 0 Å². The molecule has 0 radical (unpaired) electrons. The number of piperidine rings is 1. The van der Waals surface area contributed by atoms with E-state index in [4.69, 9.17) is 28.0 Å². The minimum Gasteiger partial charge on any atom is -0.318 e. The van der Waals surface area contributed by atoms with E-state index in [1.165, 1.54) is 34.8 Å². The summed E-state index contributed by atoms with van der Waals surface area (Å²) >= 11 is 11.6. The minimum atomic E-state index is -3.60. The molecule has 3 rings (SSSR count). The van der Waals surface area contributed by atoms with Gasteiger partial charge < -0.3 is 4.84 Å². The molecule has 148 valence electrons. The van der Waals surface area contributed by atoms with Crippen molar-refractivity contribution >= 4 is 45.4 Å². The lowest BCUT2D eigenvalue weighted by Crippen LogP contribution is -2.40. The van der Waals surface area contributed by atoms with Gasteiger partial charge in [-0.2, -0.15) is 4.31 Å². The SMILES string of the molecule is O=C(ON=Cc1ccc(Cl)cc1)C1CCN(S(=O)(=O)c2ccc(Cl)cc2)CC1. The largest absolute Gasteiger partial charge is 0.338 e. The predicted octanol–water partition coefficient (Wildman–Crippen LogP) is 3.97. The van der Waals surface area contributed by atoms with E-state index in [9.17, 15) is 13.2 Å². The van der Waals surface area contributed by atoms with E-state index in [0.29, 0.717) is 22.9 Å². The zero-order valence-corrected chi connectivity index (χ0v) is 17.1. The van der Waals surface area contributed by atoms with Gasteiger partial charge >= 0.3 is 5.97 Å². The smallest absolute Gasteiger partial charge is 0.318 e. The van der Waals surface area contributed by atoms with Crippen LogP contribution in [0.2, 0.25) is 10.0 Å². The highest BCUT2D eigenvalue weighted by Crippen LogP contribution is 2.25. The van der Waals surface area contributed by atoms with E-state index in [1.807, 2.05) is 0 Å². The summed E-state index contributed by atoms with van der Waals surface area (Å²) in [5.74, 6) is -0.854. The number of nitrogens with zero attached hydrogens (tertiary/aromatic N) is 2. The Labute approximate surface area is 173 Å². The molecule has 0 amide bonds. The maximum absolute atomic E-state index is 12.7. The summed E-state index contributed by atoms with van der Waals surface area (Å²) in [6.07, 6.45) is 2.18. The van der Waals surface area contributed by atoms with E-state index in [0.717, 1.165) is 5.56 Å². The number of hydrogen-bond donors (Lipinski definition) is 0. The average Bonchev–Trinajstić information content (AvgIpc) is 2.70. The molecule has 1 heterocycles. The predicted molar refractivity (Wildman–Crippen MR) is 108 cm³/mol. The minimum absolute atomic E-state index is 0.186. The van der Waals surface area contributed by atoms with Crippen molar-refractivity contribution in [3.8, 4) is 0 Å². The Kier molecular flexibility index (Phi) is 6.72. The van der Waals surface area contributed by atoms with Crippen LogP contribution in [0.5, 0.6) is 0 Å². The van der Waals surface area contributed by atoms with Crippen molar-refractivity contribution in [3.63, 3.8) is 0 Å². The monoisotopic (exact) mass is 440 g/mol. The Morgan fingerprint density at radius 3 is 2.11 bits per heavy atom. The molecule has 0 aromatic heterocycles. The lowest BCUT2D eigenvalue weighted by atomic mass is 9.99. The van der Waals surface area contributed by atoms with Crippen LogP contribution in [-0.2, 0) is 19.7 Å². The molecule has 0 bridgehead atoms. The van der Waals surface area contributed by atoms with Crippen molar-refractivity contribution in [1.29, 1.82) is 0 Å². The molecule has 0 aliphatic carbocycles. The Hall–Kier alpha value is -1.93. The molecule has 1 saturated heterocycles. The number of carbonyl (C=O) groups excluding carboxylic acids is 1. The number of benzene rings is 2. The van der Waals surface area contributed by atoms with Crippen LogP contribution in [0.1, 0.15) is 18.4 Å². The van der Waals surface area contributed by atoms with Crippen LogP contribution >= 0.6 is 23.2 Å². The Balaban J connectivity index is 1.53. The molecule has 0 unspecified atom stereocenters. The van der Waals surface area contributed by atoms with Crippen molar-refractivity contribution in [1.82, 2.24) is 4.31 Å². The molecule has 28 heavy (non-hydrogen) atoms. The number of halogens is 2. The zero-order chi connectivity index (χ0) is 20.1. The third-order valence-corrected chi connectivity index (χ3v) is 6.87. The maximum atomic E-state index is 12.7. The van der Waals surface area contributed by atoms with Crippen LogP contribution in [0.25, 0.3) is 0 Å². The highest BCUT2D eigenvalue weighted by Gasteiger charge is 2.33. The van der Waals surface area contributed by atoms with Gasteiger partial charge in [-0.1, -0.05) is 40.5 Å². The van der Waals surface area contributed by atoms with Gasteiger partial charge in [0, 0.05) is 23.1 Å². The molecule has 2 aromatic rings. The molecule has 1 aliphatic rings. The fourth-order valence-corrected chi connectivity index (χ4v) is 4.57. The van der Waals surface area contributed by atoms with Gasteiger partial charge in [0.15, 0.2) is 0 Å². The molecule has 6 nitrogen and oxygen atoms in total. The highest BCUT2D eigenvalue weighted by molar-refractivity contribution is 7.89. The van der Waals surface area contributed by atoms with E-state index in [2.05, 4.69) is 5.16 Å². The first-order chi connectivity index (χ1) is 13.4. The second-order valence-corrected chi connectivity index (χ2v) is 9.14. The Morgan fingerprint density at radius 2 is 1.54 bits per heavy atom. The quantitative estimate of drug-likeness (QED) is 0.400. The number of oxime groups is 1. The molecule has 1 aliphatic heterocycles. The van der Waals surface area contributed by atoms with E-state index in [-0.39, 0.29) is 23.9 Å². The van der Waals surface area contributed by atoms with E-state index < -0.39 is 16.0 Å². The Morgan fingerprint density at radius 1 is 1.00 bits per heavy atom. The molecule has 2 aromatic carbocycles. The summed E-state index contributed by atoms with van der Waals surface area (Å²) < 4.78 is 26.7. The molecular formula is C19H18Cl2N2O4S. The highest BCUT2D eigenvalue weighted by atomic mass is 35.5. The van der Waals surface area contributed by atoms with Gasteiger partial charge in [-0.25, -0.2) is 13.2 Å². The van der Waals surface area contributed by atoms with Crippen LogP contribution < -0.4 is 0 Å². The first-order valence-corrected chi connectivity index (χ1v) is 10.8. The molecule has 0 spiro atoms. The van der Waals surface area contributed by atoms with E-state index >= 15 is 0 Å². The average molecular weight is 441 g/mol. The number of rotatable bonds is 5. The molecule has 0 saturated carbocycles. The topological polar surface area (TPSA) is 76.0 Å². The summed E-state index contributed by atoms with van der Waals surface area (Å²) in [5.41, 5.74) is 0.751. The van der Waals surface area contributed by atoms with Gasteiger partial charge in [0.25, 0.3) is 0 Å². The molecule has 0 N–H and O–H groups in total. The van der Waals surface area contributed by atoms with Gasteiger partial charge in [-0.05, 0) is 54.8 Å². The van der Waals surface area contributed by atoms with Crippen LogP contribution in [0.4, 0.5) is 0 Å². The van der Waals surface area contributed by atoms with Crippen molar-refractivity contribution in [3.05, 3.63) is 64.1 Å². The summed E-state index contributed by atoms with van der Waals surface area (Å²) in [4.78, 5) is 17.3. The van der Waals surface area contributed by atoms with E-state index in [1.54, 1.807) is 24.3 Å². The van der Waals surface area contributed by atoms with Gasteiger partial charge in [-0.15, -0.1) is 0 Å². The van der Waals surface area contributed by atoms with Gasteiger partial charge in [0.1, 0.15) is 0 Å². The van der Waals surface area contributed by atoms with Crippen LogP contribution in [-0.4, -0.2) is 38.0 Å². The second-order valence-electron chi connectivity index (χ2n) is 6.33. The second kappa shape index (κ2) is 9.05. The fraction of sp³-hybridized carbons (Fsp3) is 0.263. The zero-order valence-electron chi connectivity index (χ0n) is 14.8. The van der Waals surface area contributed by atoms with Crippen molar-refractivity contribution in [2.75, 3.05) is 13.1 Å². The standard InChI is InChI=1S/C19H18Cl2N2O4S/c20-16-3-1-14(2-4-16)13-22-27-19(24)15-9-11-23(12-10-15)28(25,26)18-7-5-17(21)6-8-18/h1-8,13,15H,9-12H2. The summed E-state index contributed by atoms with van der Waals surface area (Å²) in [5, 5.41) is 4.79. The van der Waals surface area contributed by atoms with Gasteiger partial charge in [0.05, 0.1) is 17.0 Å². The van der Waals surface area contributed by atoms with Gasteiger partial charge in [0.2, 0.25) is 10.0 Å². The Bertz CT molecular complexity index is 952. The molecule has 1 fully saturated rings. The number of carbonyl (C=O) groups is 1. The van der Waals surface area contributed by atoms with Crippen molar-refractivity contribution in [2.24, 2.45) is 11.1 Å². The maximum Gasteiger partial charge on any atom is 0.338 e. The third-order valence-electron chi connectivity index (χ3n) is 4.45. The molecule has 0 atom stereocenters. The third kappa shape index (κ3) is 5.11. The summed E-state index contributed by atoms with van der Waals surface area (Å²) in [7, 11) is -3.60. The molecular weight excluding hydrogens is 423 g/mol. The number of sulfonamides is 1.